The molecule has 0 aliphatic rings. The average molecular weight is 178 g/mol. The minimum Gasteiger partial charge on any atom is -0.399 e. The molecule has 1 amide bonds. The summed E-state index contributed by atoms with van der Waals surface area (Å²) in [7, 11) is 0. The average Bonchev–Trinajstić information content (AvgIpc) is 2.09. The maximum absolute atomic E-state index is 11.2. The molecule has 0 radical (unpaired) electrons. The van der Waals surface area contributed by atoms with E-state index in [2.05, 4.69) is 0 Å². The molecular formula is C10H14N2O. The van der Waals surface area contributed by atoms with Crippen LogP contribution in [0.2, 0.25) is 0 Å². The van der Waals surface area contributed by atoms with Crippen LogP contribution in [0, 0.1) is 0 Å². The predicted molar refractivity (Wildman–Crippen MR) is 54.6 cm³/mol. The molecule has 2 N–H and O–H groups in total. The van der Waals surface area contributed by atoms with E-state index in [1.165, 1.54) is 0 Å². The monoisotopic (exact) mass is 178 g/mol. The first-order valence-electron chi connectivity index (χ1n) is 4.28. The van der Waals surface area contributed by atoms with Crippen molar-refractivity contribution in [2.24, 2.45) is 0 Å². The van der Waals surface area contributed by atoms with Gasteiger partial charge in [-0.2, -0.15) is 0 Å². The lowest BCUT2D eigenvalue weighted by molar-refractivity contribution is -0.116. The van der Waals surface area contributed by atoms with Crippen LogP contribution in [0.25, 0.3) is 0 Å². The third kappa shape index (κ3) is 2.21. The van der Waals surface area contributed by atoms with Gasteiger partial charge in [-0.15, -0.1) is 0 Å². The molecule has 0 aliphatic heterocycles. The number of nitrogen functional groups attached to an aromatic ring is 1. The van der Waals surface area contributed by atoms with E-state index in [1.54, 1.807) is 24.0 Å². The van der Waals surface area contributed by atoms with Crippen LogP contribution in [0.15, 0.2) is 24.3 Å². The minimum atomic E-state index is 0.0484. The van der Waals surface area contributed by atoms with Crippen molar-refractivity contribution in [3.05, 3.63) is 24.3 Å². The molecule has 1 aromatic carbocycles. The number of carbonyl (C=O) groups excluding carboxylic acids is 1. The quantitative estimate of drug-likeness (QED) is 0.700. The number of carbonyl (C=O) groups is 1. The van der Waals surface area contributed by atoms with Gasteiger partial charge in [-0.25, -0.2) is 0 Å². The van der Waals surface area contributed by atoms with Gasteiger partial charge in [0, 0.05) is 24.8 Å². The molecule has 0 aromatic heterocycles. The largest absolute Gasteiger partial charge is 0.399 e. The molecule has 3 nitrogen and oxygen atoms in total. The predicted octanol–water partition coefficient (Wildman–Crippen LogP) is 1.64. The number of nitrogens with two attached hydrogens (primary N) is 1. The number of hydrogen-bond acceptors (Lipinski definition) is 2. The van der Waals surface area contributed by atoms with Crippen LogP contribution in [0.4, 0.5) is 11.4 Å². The first-order valence-corrected chi connectivity index (χ1v) is 4.28. The summed E-state index contributed by atoms with van der Waals surface area (Å²) < 4.78 is 0. The van der Waals surface area contributed by atoms with Gasteiger partial charge in [-0.1, -0.05) is 0 Å². The lowest BCUT2D eigenvalue weighted by atomic mass is 10.2. The zero-order valence-corrected chi connectivity index (χ0v) is 7.95. The Morgan fingerprint density at radius 1 is 1.38 bits per heavy atom. The second-order valence-corrected chi connectivity index (χ2v) is 2.85. The van der Waals surface area contributed by atoms with E-state index in [0.717, 1.165) is 5.69 Å². The molecule has 0 bridgehead atoms. The van der Waals surface area contributed by atoms with Crippen LogP contribution < -0.4 is 10.6 Å². The van der Waals surface area contributed by atoms with E-state index in [4.69, 9.17) is 5.73 Å². The number of nitrogens with zero attached hydrogens (tertiary/aromatic N) is 1. The van der Waals surface area contributed by atoms with E-state index in [1.807, 2.05) is 19.1 Å². The van der Waals surface area contributed by atoms with Crippen LogP contribution in [-0.4, -0.2) is 12.5 Å². The molecule has 0 saturated carbocycles. The molecule has 0 saturated heterocycles. The highest BCUT2D eigenvalue weighted by Gasteiger charge is 2.07. The van der Waals surface area contributed by atoms with E-state index < -0.39 is 0 Å². The molecule has 0 fully saturated rings. The van der Waals surface area contributed by atoms with Gasteiger partial charge in [0.05, 0.1) is 0 Å². The highest BCUT2D eigenvalue weighted by molar-refractivity contribution is 5.91. The number of amides is 1. The summed E-state index contributed by atoms with van der Waals surface area (Å²) in [6.45, 7) is 4.18. The van der Waals surface area contributed by atoms with Gasteiger partial charge in [0.2, 0.25) is 5.91 Å². The fraction of sp³-hybridized carbons (Fsp3) is 0.300. The van der Waals surface area contributed by atoms with Crippen molar-refractivity contribution >= 4 is 17.3 Å². The van der Waals surface area contributed by atoms with Gasteiger partial charge >= 0.3 is 0 Å². The smallest absolute Gasteiger partial charge is 0.223 e. The number of anilines is 2. The van der Waals surface area contributed by atoms with Crippen molar-refractivity contribution in [2.75, 3.05) is 17.2 Å². The first kappa shape index (κ1) is 9.58. The molecule has 1 aromatic rings. The van der Waals surface area contributed by atoms with Crippen LogP contribution in [0.1, 0.15) is 13.8 Å². The molecule has 0 heterocycles. The second-order valence-electron chi connectivity index (χ2n) is 2.85. The lowest BCUT2D eigenvalue weighted by Gasteiger charge is -2.18. The summed E-state index contributed by atoms with van der Waals surface area (Å²) in [6, 6.07) is 7.28. The Morgan fingerprint density at radius 2 is 1.92 bits per heavy atom. The number of hydrogen-bond donors (Lipinski definition) is 1. The fourth-order valence-electron chi connectivity index (χ4n) is 1.24. The highest BCUT2D eigenvalue weighted by Crippen LogP contribution is 2.15. The van der Waals surface area contributed by atoms with Crippen molar-refractivity contribution < 1.29 is 4.79 Å². The van der Waals surface area contributed by atoms with Gasteiger partial charge in [0.15, 0.2) is 0 Å². The Hall–Kier alpha value is -1.51. The van der Waals surface area contributed by atoms with Crippen LogP contribution in [-0.2, 0) is 4.79 Å². The van der Waals surface area contributed by atoms with Gasteiger partial charge < -0.3 is 10.6 Å². The van der Waals surface area contributed by atoms with Crippen LogP contribution in [0.3, 0.4) is 0 Å². The SMILES string of the molecule is CCN(C(C)=O)c1ccc(N)cc1. The first-order chi connectivity index (χ1) is 6.15. The Morgan fingerprint density at radius 3 is 2.31 bits per heavy atom. The normalized spacial score (nSPS) is 9.69. The van der Waals surface area contributed by atoms with E-state index in [9.17, 15) is 4.79 Å². The molecule has 70 valence electrons. The van der Waals surface area contributed by atoms with Crippen molar-refractivity contribution in [2.45, 2.75) is 13.8 Å². The lowest BCUT2D eigenvalue weighted by Crippen LogP contribution is -2.27. The van der Waals surface area contributed by atoms with Crippen molar-refractivity contribution in [3.63, 3.8) is 0 Å². The Labute approximate surface area is 78.2 Å². The third-order valence-corrected chi connectivity index (χ3v) is 1.90. The zero-order valence-electron chi connectivity index (χ0n) is 7.95. The fourth-order valence-corrected chi connectivity index (χ4v) is 1.24. The molecule has 0 spiro atoms. The van der Waals surface area contributed by atoms with E-state index in [-0.39, 0.29) is 5.91 Å². The Kier molecular flexibility index (Phi) is 2.90. The summed E-state index contributed by atoms with van der Waals surface area (Å²) in [5.41, 5.74) is 7.15. The summed E-state index contributed by atoms with van der Waals surface area (Å²) in [4.78, 5) is 12.8. The molecular weight excluding hydrogens is 164 g/mol. The molecule has 0 aliphatic carbocycles. The van der Waals surface area contributed by atoms with Crippen molar-refractivity contribution in [1.29, 1.82) is 0 Å². The molecule has 1 rings (SSSR count). The van der Waals surface area contributed by atoms with Gasteiger partial charge in [0.1, 0.15) is 0 Å². The van der Waals surface area contributed by atoms with E-state index in [0.29, 0.717) is 12.2 Å². The van der Waals surface area contributed by atoms with Gasteiger partial charge in [-0.3, -0.25) is 4.79 Å². The minimum absolute atomic E-state index is 0.0484. The summed E-state index contributed by atoms with van der Waals surface area (Å²) >= 11 is 0. The Bertz CT molecular complexity index is 292. The van der Waals surface area contributed by atoms with Crippen molar-refractivity contribution in [1.82, 2.24) is 0 Å². The Balaban J connectivity index is 2.92. The molecule has 0 unspecified atom stereocenters. The van der Waals surface area contributed by atoms with Gasteiger partial charge in [-0.05, 0) is 31.2 Å². The third-order valence-electron chi connectivity index (χ3n) is 1.90. The second kappa shape index (κ2) is 3.94. The topological polar surface area (TPSA) is 46.3 Å². The maximum atomic E-state index is 11.2. The number of benzene rings is 1. The maximum Gasteiger partial charge on any atom is 0.223 e. The standard InChI is InChI=1S/C10H14N2O/c1-3-12(8(2)13)10-6-4-9(11)5-7-10/h4-7H,3,11H2,1-2H3. The van der Waals surface area contributed by atoms with Gasteiger partial charge in [0.25, 0.3) is 0 Å². The summed E-state index contributed by atoms with van der Waals surface area (Å²) in [5, 5.41) is 0. The number of rotatable bonds is 2. The van der Waals surface area contributed by atoms with Crippen LogP contribution >= 0.6 is 0 Å². The molecule has 0 atom stereocenters. The zero-order chi connectivity index (χ0) is 9.84. The van der Waals surface area contributed by atoms with Crippen LogP contribution in [0.5, 0.6) is 0 Å². The highest BCUT2D eigenvalue weighted by atomic mass is 16.2. The summed E-state index contributed by atoms with van der Waals surface area (Å²) in [5.74, 6) is 0.0484. The van der Waals surface area contributed by atoms with E-state index >= 15 is 0 Å². The van der Waals surface area contributed by atoms with Crippen molar-refractivity contribution in [3.8, 4) is 0 Å². The molecule has 3 heteroatoms. The molecule has 13 heavy (non-hydrogen) atoms. The summed E-state index contributed by atoms with van der Waals surface area (Å²) in [6.07, 6.45) is 0.